The van der Waals surface area contributed by atoms with E-state index >= 15 is 0 Å². The van der Waals surface area contributed by atoms with E-state index in [4.69, 9.17) is 9.15 Å². The number of aromatic nitrogens is 1. The molecule has 0 aliphatic rings. The molecule has 0 aliphatic heterocycles. The zero-order chi connectivity index (χ0) is 21.1. The van der Waals surface area contributed by atoms with Crippen molar-refractivity contribution in [3.05, 3.63) is 75.4 Å². The minimum Gasteiger partial charge on any atom is -0.496 e. The number of thiazole rings is 1. The van der Waals surface area contributed by atoms with Gasteiger partial charge in [0, 0.05) is 12.1 Å². The summed E-state index contributed by atoms with van der Waals surface area (Å²) >= 11 is 2.79. The molecule has 0 spiro atoms. The second kappa shape index (κ2) is 8.41. The number of fused-ring (bicyclic) bond motifs is 1. The lowest BCUT2D eigenvalue weighted by molar-refractivity contribution is -0.384. The van der Waals surface area contributed by atoms with Gasteiger partial charge in [-0.1, -0.05) is 12.1 Å². The van der Waals surface area contributed by atoms with Crippen molar-refractivity contribution in [1.82, 2.24) is 4.98 Å². The van der Waals surface area contributed by atoms with Crippen LogP contribution in [0.25, 0.3) is 27.6 Å². The SMILES string of the molecule is COc1cc([N+](=O)[O-])ccc1-c1ccc(/C=C(\C#N)Sc2nc3ccccc3s2)o1. The largest absolute Gasteiger partial charge is 0.496 e. The first-order valence-corrected chi connectivity index (χ1v) is 10.3. The lowest BCUT2D eigenvalue weighted by Gasteiger charge is -2.05. The number of nitro groups is 1. The van der Waals surface area contributed by atoms with Gasteiger partial charge in [0.2, 0.25) is 0 Å². The van der Waals surface area contributed by atoms with Gasteiger partial charge >= 0.3 is 0 Å². The Hall–Kier alpha value is -3.61. The Kier molecular flexibility index (Phi) is 5.52. The van der Waals surface area contributed by atoms with Gasteiger partial charge in [0.25, 0.3) is 5.69 Å². The molecule has 4 rings (SSSR count). The Balaban J connectivity index is 1.60. The number of rotatable bonds is 6. The summed E-state index contributed by atoms with van der Waals surface area (Å²) in [6, 6.07) is 17.7. The van der Waals surface area contributed by atoms with Gasteiger partial charge < -0.3 is 9.15 Å². The second-order valence-corrected chi connectivity index (χ2v) is 8.33. The standard InChI is InChI=1S/C21H13N3O4S2/c1-27-19-10-13(24(25)26)6-8-16(19)18-9-7-14(28-18)11-15(12-22)29-21-23-17-4-2-3-5-20(17)30-21/h2-11H,1H3/b15-11+. The average Bonchev–Trinajstić information content (AvgIpc) is 3.39. The molecule has 9 heteroatoms. The van der Waals surface area contributed by atoms with Crippen molar-refractivity contribution in [3.63, 3.8) is 0 Å². The number of nitrogens with zero attached hydrogens (tertiary/aromatic N) is 3. The van der Waals surface area contributed by atoms with Crippen LogP contribution < -0.4 is 4.74 Å². The van der Waals surface area contributed by atoms with E-state index in [2.05, 4.69) is 11.1 Å². The van der Waals surface area contributed by atoms with Crippen LogP contribution in [-0.2, 0) is 0 Å². The number of thioether (sulfide) groups is 1. The van der Waals surface area contributed by atoms with Crippen molar-refractivity contribution >= 4 is 45.1 Å². The molecule has 4 aromatic rings. The molecule has 148 valence electrons. The minimum absolute atomic E-state index is 0.0683. The highest BCUT2D eigenvalue weighted by atomic mass is 32.2. The third-order valence-corrected chi connectivity index (χ3v) is 6.17. The highest BCUT2D eigenvalue weighted by molar-refractivity contribution is 8.05. The van der Waals surface area contributed by atoms with Gasteiger partial charge in [0.05, 0.1) is 38.8 Å². The second-order valence-electron chi connectivity index (χ2n) is 6.01. The highest BCUT2D eigenvalue weighted by Crippen LogP contribution is 2.37. The minimum atomic E-state index is -0.485. The van der Waals surface area contributed by atoms with Crippen LogP contribution in [0.4, 0.5) is 5.69 Å². The third kappa shape index (κ3) is 4.05. The number of para-hydroxylation sites is 1. The van der Waals surface area contributed by atoms with Gasteiger partial charge in [0.1, 0.15) is 23.3 Å². The molecular weight excluding hydrogens is 422 g/mol. The molecule has 0 bridgehead atoms. The van der Waals surface area contributed by atoms with Crippen LogP contribution >= 0.6 is 23.1 Å². The topological polar surface area (TPSA) is 102 Å². The molecule has 0 unspecified atom stereocenters. The van der Waals surface area contributed by atoms with E-state index < -0.39 is 4.92 Å². The summed E-state index contributed by atoms with van der Waals surface area (Å²) in [4.78, 5) is 15.4. The molecule has 30 heavy (non-hydrogen) atoms. The van der Waals surface area contributed by atoms with Gasteiger partial charge in [0.15, 0.2) is 4.34 Å². The van der Waals surface area contributed by atoms with E-state index in [1.807, 2.05) is 24.3 Å². The Bertz CT molecular complexity index is 1280. The summed E-state index contributed by atoms with van der Waals surface area (Å²) in [7, 11) is 1.44. The summed E-state index contributed by atoms with van der Waals surface area (Å²) in [6.45, 7) is 0. The molecule has 0 radical (unpaired) electrons. The molecule has 7 nitrogen and oxygen atoms in total. The lowest BCUT2D eigenvalue weighted by Crippen LogP contribution is -1.91. The summed E-state index contributed by atoms with van der Waals surface area (Å²) in [5, 5.41) is 20.5. The van der Waals surface area contributed by atoms with Crippen LogP contribution in [0.15, 0.2) is 68.3 Å². The van der Waals surface area contributed by atoms with E-state index in [1.165, 1.54) is 42.3 Å². The van der Waals surface area contributed by atoms with Gasteiger partial charge in [-0.05, 0) is 42.1 Å². The maximum absolute atomic E-state index is 11.0. The molecule has 0 atom stereocenters. The van der Waals surface area contributed by atoms with Gasteiger partial charge in [-0.15, -0.1) is 11.3 Å². The van der Waals surface area contributed by atoms with Crippen molar-refractivity contribution in [3.8, 4) is 23.1 Å². The number of methoxy groups -OCH3 is 1. The lowest BCUT2D eigenvalue weighted by atomic mass is 10.1. The number of furan rings is 1. The van der Waals surface area contributed by atoms with Crippen LogP contribution in [0, 0.1) is 21.4 Å². The molecule has 2 aromatic heterocycles. The number of nitriles is 1. The van der Waals surface area contributed by atoms with Gasteiger partial charge in [-0.25, -0.2) is 4.98 Å². The third-order valence-electron chi connectivity index (χ3n) is 4.14. The molecule has 2 heterocycles. The fourth-order valence-electron chi connectivity index (χ4n) is 2.77. The molecule has 0 aliphatic carbocycles. The Morgan fingerprint density at radius 2 is 2.13 bits per heavy atom. The Morgan fingerprint density at radius 1 is 1.30 bits per heavy atom. The van der Waals surface area contributed by atoms with Crippen molar-refractivity contribution in [2.75, 3.05) is 7.11 Å². The molecule has 2 aromatic carbocycles. The first-order chi connectivity index (χ1) is 14.6. The highest BCUT2D eigenvalue weighted by Gasteiger charge is 2.15. The first kappa shape index (κ1) is 19.7. The number of non-ortho nitro benzene ring substituents is 1. The average molecular weight is 435 g/mol. The maximum Gasteiger partial charge on any atom is 0.273 e. The van der Waals surface area contributed by atoms with E-state index in [1.54, 1.807) is 24.3 Å². The monoisotopic (exact) mass is 435 g/mol. The first-order valence-electron chi connectivity index (χ1n) is 8.65. The summed E-state index contributed by atoms with van der Waals surface area (Å²) < 4.78 is 12.9. The summed E-state index contributed by atoms with van der Waals surface area (Å²) in [6.07, 6.45) is 1.64. The molecule has 0 amide bonds. The van der Waals surface area contributed by atoms with Crippen molar-refractivity contribution in [1.29, 1.82) is 5.26 Å². The van der Waals surface area contributed by atoms with Gasteiger partial charge in [-0.2, -0.15) is 5.26 Å². The maximum atomic E-state index is 11.0. The molecule has 0 fully saturated rings. The molecule has 0 saturated heterocycles. The van der Waals surface area contributed by atoms with Crippen LogP contribution in [-0.4, -0.2) is 17.0 Å². The zero-order valence-electron chi connectivity index (χ0n) is 15.6. The van der Waals surface area contributed by atoms with E-state index in [-0.39, 0.29) is 5.69 Å². The predicted molar refractivity (Wildman–Crippen MR) is 116 cm³/mol. The number of hydrogen-bond acceptors (Lipinski definition) is 8. The van der Waals surface area contributed by atoms with Crippen LogP contribution in [0.5, 0.6) is 5.75 Å². The van der Waals surface area contributed by atoms with Crippen molar-refractivity contribution < 1.29 is 14.1 Å². The number of ether oxygens (including phenoxy) is 1. The van der Waals surface area contributed by atoms with Crippen molar-refractivity contribution in [2.24, 2.45) is 0 Å². The van der Waals surface area contributed by atoms with E-state index in [0.717, 1.165) is 14.6 Å². The summed E-state index contributed by atoms with van der Waals surface area (Å²) in [5.41, 5.74) is 1.41. The molecular formula is C21H13N3O4S2. The zero-order valence-corrected chi connectivity index (χ0v) is 17.2. The Morgan fingerprint density at radius 3 is 2.87 bits per heavy atom. The molecule has 0 N–H and O–H groups in total. The van der Waals surface area contributed by atoms with Crippen molar-refractivity contribution in [2.45, 2.75) is 4.34 Å². The number of benzene rings is 2. The van der Waals surface area contributed by atoms with Crippen LogP contribution in [0.1, 0.15) is 5.76 Å². The Labute approximate surface area is 179 Å². The summed E-state index contributed by atoms with van der Waals surface area (Å²) in [5.74, 6) is 1.30. The number of allylic oxidation sites excluding steroid dienone is 1. The number of hydrogen-bond donors (Lipinski definition) is 0. The normalized spacial score (nSPS) is 11.4. The molecule has 0 saturated carbocycles. The van der Waals surface area contributed by atoms with Crippen LogP contribution in [0.3, 0.4) is 0 Å². The fraction of sp³-hybridized carbons (Fsp3) is 0.0476. The predicted octanol–water partition coefficient (Wildman–Crippen LogP) is 6.13. The van der Waals surface area contributed by atoms with Crippen LogP contribution in [0.2, 0.25) is 0 Å². The van der Waals surface area contributed by atoms with E-state index in [9.17, 15) is 15.4 Å². The fourth-order valence-corrected chi connectivity index (χ4v) is 4.73. The van der Waals surface area contributed by atoms with Gasteiger partial charge in [-0.3, -0.25) is 10.1 Å². The number of nitro benzene ring substituents is 1. The quantitative estimate of drug-likeness (QED) is 0.155. The smallest absolute Gasteiger partial charge is 0.273 e. The van der Waals surface area contributed by atoms with E-state index in [0.29, 0.717) is 27.7 Å².